The van der Waals surface area contributed by atoms with Crippen molar-refractivity contribution in [3.05, 3.63) is 36.4 Å². The molecule has 1 aliphatic heterocycles. The molecule has 1 unspecified atom stereocenters. The minimum atomic E-state index is 0.362. The average Bonchev–Trinajstić information content (AvgIpc) is 3.44. The molecule has 1 atom stereocenters. The number of rotatable bonds is 6. The van der Waals surface area contributed by atoms with E-state index in [2.05, 4.69) is 26.4 Å². The van der Waals surface area contributed by atoms with Gasteiger partial charge < -0.3 is 9.47 Å². The molecule has 2 aromatic heterocycles. The summed E-state index contributed by atoms with van der Waals surface area (Å²) in [7, 11) is 0. The molecule has 0 bridgehead atoms. The van der Waals surface area contributed by atoms with Crippen LogP contribution in [0.25, 0.3) is 11.4 Å². The third kappa shape index (κ3) is 4.23. The predicted octanol–water partition coefficient (Wildman–Crippen LogP) is 4.07. The molecule has 1 saturated carbocycles. The molecular formula is C22H30N4O. The number of amides is 1. The van der Waals surface area contributed by atoms with Crippen molar-refractivity contribution in [2.75, 3.05) is 13.1 Å². The number of imidazole rings is 1. The second kappa shape index (κ2) is 8.24. The Morgan fingerprint density at radius 1 is 1.15 bits per heavy atom. The van der Waals surface area contributed by atoms with Gasteiger partial charge in [0.15, 0.2) is 0 Å². The van der Waals surface area contributed by atoms with E-state index in [1.54, 1.807) is 0 Å². The highest BCUT2D eigenvalue weighted by Crippen LogP contribution is 2.29. The zero-order valence-electron chi connectivity index (χ0n) is 16.3. The topological polar surface area (TPSA) is 51.0 Å². The molecule has 0 radical (unpaired) electrons. The molecule has 2 aliphatic rings. The van der Waals surface area contributed by atoms with Crippen LogP contribution < -0.4 is 0 Å². The zero-order valence-corrected chi connectivity index (χ0v) is 16.3. The minimum absolute atomic E-state index is 0.362. The summed E-state index contributed by atoms with van der Waals surface area (Å²) in [6.07, 6.45) is 13.8. The van der Waals surface area contributed by atoms with E-state index >= 15 is 0 Å². The van der Waals surface area contributed by atoms with Gasteiger partial charge in [-0.2, -0.15) is 0 Å². The average molecular weight is 367 g/mol. The van der Waals surface area contributed by atoms with E-state index in [9.17, 15) is 4.79 Å². The summed E-state index contributed by atoms with van der Waals surface area (Å²) in [6.45, 7) is 4.83. The summed E-state index contributed by atoms with van der Waals surface area (Å²) in [5.41, 5.74) is 2.27. The first-order chi connectivity index (χ1) is 13.2. The Morgan fingerprint density at radius 3 is 2.70 bits per heavy atom. The number of hydrogen-bond acceptors (Lipinski definition) is 3. The maximum absolute atomic E-state index is 12.6. The van der Waals surface area contributed by atoms with Gasteiger partial charge in [0.25, 0.3) is 0 Å². The van der Waals surface area contributed by atoms with Crippen molar-refractivity contribution < 1.29 is 4.79 Å². The van der Waals surface area contributed by atoms with E-state index in [1.165, 1.54) is 31.4 Å². The Kier molecular flexibility index (Phi) is 5.55. The Balaban J connectivity index is 1.35. The van der Waals surface area contributed by atoms with Crippen LogP contribution in [0.5, 0.6) is 0 Å². The molecule has 2 fully saturated rings. The van der Waals surface area contributed by atoms with Gasteiger partial charge in [0.05, 0.1) is 0 Å². The molecule has 1 amide bonds. The van der Waals surface area contributed by atoms with E-state index in [0.717, 1.165) is 56.2 Å². The summed E-state index contributed by atoms with van der Waals surface area (Å²) in [5, 5.41) is 0. The second-order valence-electron chi connectivity index (χ2n) is 8.25. The van der Waals surface area contributed by atoms with Gasteiger partial charge in [-0.15, -0.1) is 0 Å². The molecule has 144 valence electrons. The fraction of sp³-hybridized carbons (Fsp3) is 0.591. The van der Waals surface area contributed by atoms with Gasteiger partial charge >= 0.3 is 0 Å². The van der Waals surface area contributed by atoms with Crippen LogP contribution in [0.1, 0.15) is 50.6 Å². The number of likely N-dealkylation sites (tertiary alicyclic amines) is 1. The van der Waals surface area contributed by atoms with Crippen LogP contribution in [0.3, 0.4) is 0 Å². The maximum atomic E-state index is 12.6. The number of carbonyl (C=O) groups is 1. The molecule has 27 heavy (non-hydrogen) atoms. The molecule has 5 nitrogen and oxygen atoms in total. The Bertz CT molecular complexity index is 764. The van der Waals surface area contributed by atoms with Crippen molar-refractivity contribution in [2.24, 2.45) is 11.8 Å². The highest BCUT2D eigenvalue weighted by atomic mass is 16.2. The summed E-state index contributed by atoms with van der Waals surface area (Å²) in [6, 6.07) is 4.01. The largest absolute Gasteiger partial charge is 0.342 e. The van der Waals surface area contributed by atoms with Gasteiger partial charge in [-0.1, -0.05) is 25.7 Å². The number of hydrogen-bond donors (Lipinski definition) is 0. The van der Waals surface area contributed by atoms with Gasteiger partial charge in [0.1, 0.15) is 5.82 Å². The van der Waals surface area contributed by atoms with Crippen LogP contribution in [0.15, 0.2) is 30.7 Å². The van der Waals surface area contributed by atoms with Gasteiger partial charge in [0, 0.05) is 55.9 Å². The first kappa shape index (κ1) is 18.2. The lowest BCUT2D eigenvalue weighted by Gasteiger charge is -2.19. The van der Waals surface area contributed by atoms with E-state index in [0.29, 0.717) is 11.8 Å². The highest BCUT2D eigenvalue weighted by molar-refractivity contribution is 5.76. The molecule has 0 aromatic carbocycles. The molecule has 0 spiro atoms. The Hall–Kier alpha value is -2.17. The van der Waals surface area contributed by atoms with Crippen LogP contribution >= 0.6 is 0 Å². The van der Waals surface area contributed by atoms with E-state index in [4.69, 9.17) is 0 Å². The minimum Gasteiger partial charge on any atom is -0.342 e. The third-order valence-corrected chi connectivity index (χ3v) is 6.31. The van der Waals surface area contributed by atoms with Crippen LogP contribution in [0.4, 0.5) is 0 Å². The highest BCUT2D eigenvalue weighted by Gasteiger charge is 2.28. The van der Waals surface area contributed by atoms with Crippen molar-refractivity contribution in [3.63, 3.8) is 0 Å². The van der Waals surface area contributed by atoms with Crippen molar-refractivity contribution in [2.45, 2.75) is 58.4 Å². The smallest absolute Gasteiger partial charge is 0.222 e. The van der Waals surface area contributed by atoms with Crippen LogP contribution in [0, 0.1) is 18.8 Å². The quantitative estimate of drug-likeness (QED) is 0.774. The van der Waals surface area contributed by atoms with Gasteiger partial charge in [-0.3, -0.25) is 9.78 Å². The molecule has 3 heterocycles. The summed E-state index contributed by atoms with van der Waals surface area (Å²) < 4.78 is 2.30. The predicted molar refractivity (Wildman–Crippen MR) is 106 cm³/mol. The standard InChI is InChI=1S/C22H30N4O/c1-17-14-24-22(20-8-11-23-12-9-20)26(17)16-19-10-13-25(15-19)21(27)7-6-18-4-2-3-5-18/h8-9,11-12,14,18-19H,2-7,10,13,15-16H2,1H3. The molecule has 1 aliphatic carbocycles. The SMILES string of the molecule is Cc1cnc(-c2ccncc2)n1CC1CCN(C(=O)CCC2CCCC2)C1. The number of carbonyl (C=O) groups excluding carboxylic acids is 1. The van der Waals surface area contributed by atoms with E-state index < -0.39 is 0 Å². The third-order valence-electron chi connectivity index (χ3n) is 6.31. The lowest BCUT2D eigenvalue weighted by molar-refractivity contribution is -0.130. The Morgan fingerprint density at radius 2 is 1.93 bits per heavy atom. The number of aromatic nitrogens is 3. The lowest BCUT2D eigenvalue weighted by atomic mass is 10.0. The first-order valence-electron chi connectivity index (χ1n) is 10.4. The fourth-order valence-electron chi connectivity index (χ4n) is 4.67. The van der Waals surface area contributed by atoms with Crippen LogP contribution in [-0.4, -0.2) is 38.4 Å². The maximum Gasteiger partial charge on any atom is 0.222 e. The molecule has 0 N–H and O–H groups in total. The van der Waals surface area contributed by atoms with Crippen molar-refractivity contribution >= 4 is 5.91 Å². The number of nitrogens with zero attached hydrogens (tertiary/aromatic N) is 4. The van der Waals surface area contributed by atoms with Crippen molar-refractivity contribution in [1.29, 1.82) is 0 Å². The molecule has 1 saturated heterocycles. The van der Waals surface area contributed by atoms with E-state index in [1.807, 2.05) is 30.7 Å². The lowest BCUT2D eigenvalue weighted by Crippen LogP contribution is -2.29. The normalized spacial score (nSPS) is 20.5. The van der Waals surface area contributed by atoms with Crippen LogP contribution in [0.2, 0.25) is 0 Å². The Labute approximate surface area is 161 Å². The summed E-state index contributed by atoms with van der Waals surface area (Å²) >= 11 is 0. The van der Waals surface area contributed by atoms with E-state index in [-0.39, 0.29) is 0 Å². The summed E-state index contributed by atoms with van der Waals surface area (Å²) in [4.78, 5) is 23.4. The second-order valence-corrected chi connectivity index (χ2v) is 8.25. The monoisotopic (exact) mass is 366 g/mol. The zero-order chi connectivity index (χ0) is 18.6. The van der Waals surface area contributed by atoms with Gasteiger partial charge in [-0.25, -0.2) is 4.98 Å². The summed E-state index contributed by atoms with van der Waals surface area (Å²) in [5.74, 6) is 2.67. The van der Waals surface area contributed by atoms with Gasteiger partial charge in [0.2, 0.25) is 5.91 Å². The van der Waals surface area contributed by atoms with Crippen molar-refractivity contribution in [3.8, 4) is 11.4 Å². The molecule has 4 rings (SSSR count). The first-order valence-corrected chi connectivity index (χ1v) is 10.4. The van der Waals surface area contributed by atoms with Gasteiger partial charge in [-0.05, 0) is 43.7 Å². The number of aryl methyl sites for hydroxylation is 1. The van der Waals surface area contributed by atoms with Crippen LogP contribution in [-0.2, 0) is 11.3 Å². The molecular weight excluding hydrogens is 336 g/mol. The number of pyridine rings is 1. The van der Waals surface area contributed by atoms with Crippen molar-refractivity contribution in [1.82, 2.24) is 19.4 Å². The molecule has 2 aromatic rings. The fourth-order valence-corrected chi connectivity index (χ4v) is 4.67. The molecule has 5 heteroatoms.